The number of nitrogens with zero attached hydrogens (tertiary/aromatic N) is 2. The van der Waals surface area contributed by atoms with Crippen LogP contribution < -0.4 is 4.72 Å². The van der Waals surface area contributed by atoms with Crippen molar-refractivity contribution < 1.29 is 12.8 Å². The van der Waals surface area contributed by atoms with Gasteiger partial charge in [0.1, 0.15) is 0 Å². The van der Waals surface area contributed by atoms with Gasteiger partial charge in [0, 0.05) is 35.1 Å². The first-order valence-electron chi connectivity index (χ1n) is 6.63. The van der Waals surface area contributed by atoms with Crippen molar-refractivity contribution in [1.82, 2.24) is 14.3 Å². The van der Waals surface area contributed by atoms with Gasteiger partial charge in [0.15, 0.2) is 5.03 Å². The van der Waals surface area contributed by atoms with E-state index in [9.17, 15) is 8.42 Å². The number of aryl methyl sites for hydroxylation is 1. The Bertz CT molecular complexity index is 848. The maximum absolute atomic E-state index is 12.0. The Morgan fingerprint density at radius 2 is 2.23 bits per heavy atom. The summed E-state index contributed by atoms with van der Waals surface area (Å²) in [5.41, 5.74) is 1.03. The van der Waals surface area contributed by atoms with Crippen molar-refractivity contribution in [3.63, 3.8) is 0 Å². The molecule has 0 aromatic carbocycles. The Morgan fingerprint density at radius 1 is 1.36 bits per heavy atom. The van der Waals surface area contributed by atoms with E-state index in [1.165, 1.54) is 12.5 Å². The molecule has 116 valence electrons. The third-order valence-corrected chi connectivity index (χ3v) is 5.63. The molecule has 0 unspecified atom stereocenters. The van der Waals surface area contributed by atoms with Gasteiger partial charge in [-0.2, -0.15) is 0 Å². The number of nitrogens with one attached hydrogen (secondary N) is 1. The van der Waals surface area contributed by atoms with Crippen LogP contribution in [0.4, 0.5) is 0 Å². The van der Waals surface area contributed by atoms with Crippen LogP contribution in [0.5, 0.6) is 0 Å². The number of imidazole rings is 1. The van der Waals surface area contributed by atoms with Gasteiger partial charge in [-0.25, -0.2) is 18.1 Å². The van der Waals surface area contributed by atoms with E-state index in [4.69, 9.17) is 4.42 Å². The molecule has 0 fully saturated rings. The standard InChI is InChI=1S/C14H15N3O3S2/c1-17-8-14(15-10-17)22(18,19)16-6-4-12-2-3-13(21-12)11-5-7-20-9-11/h2-3,5,7-10,16H,4,6H2,1H3. The van der Waals surface area contributed by atoms with E-state index in [1.54, 1.807) is 35.5 Å². The predicted molar refractivity (Wildman–Crippen MR) is 84.1 cm³/mol. The minimum atomic E-state index is -3.54. The Morgan fingerprint density at radius 3 is 2.91 bits per heavy atom. The van der Waals surface area contributed by atoms with Crippen molar-refractivity contribution in [3.05, 3.63) is 48.1 Å². The van der Waals surface area contributed by atoms with Crippen molar-refractivity contribution in [2.75, 3.05) is 6.54 Å². The molecule has 3 aromatic rings. The van der Waals surface area contributed by atoms with Crippen LogP contribution in [0.2, 0.25) is 0 Å². The van der Waals surface area contributed by atoms with Crippen molar-refractivity contribution in [2.24, 2.45) is 7.05 Å². The fraction of sp³-hybridized carbons (Fsp3) is 0.214. The lowest BCUT2D eigenvalue weighted by molar-refractivity contribution is 0.568. The predicted octanol–water partition coefficient (Wildman–Crippen LogP) is 2.26. The number of hydrogen-bond donors (Lipinski definition) is 1. The molecule has 3 rings (SSSR count). The number of sulfonamides is 1. The summed E-state index contributed by atoms with van der Waals surface area (Å²) in [5.74, 6) is 0. The zero-order valence-electron chi connectivity index (χ0n) is 11.9. The second-order valence-electron chi connectivity index (χ2n) is 4.80. The van der Waals surface area contributed by atoms with Crippen LogP contribution in [0, 0.1) is 0 Å². The van der Waals surface area contributed by atoms with Crippen LogP contribution in [-0.4, -0.2) is 24.5 Å². The molecule has 6 nitrogen and oxygen atoms in total. The highest BCUT2D eigenvalue weighted by molar-refractivity contribution is 7.89. The lowest BCUT2D eigenvalue weighted by Gasteiger charge is -2.02. The molecular formula is C14H15N3O3S2. The summed E-state index contributed by atoms with van der Waals surface area (Å²) in [6.45, 7) is 0.338. The lowest BCUT2D eigenvalue weighted by Crippen LogP contribution is -2.26. The van der Waals surface area contributed by atoms with Gasteiger partial charge in [0.05, 0.1) is 18.9 Å². The van der Waals surface area contributed by atoms with E-state index in [2.05, 4.69) is 9.71 Å². The maximum atomic E-state index is 12.0. The van der Waals surface area contributed by atoms with Crippen molar-refractivity contribution in [1.29, 1.82) is 0 Å². The summed E-state index contributed by atoms with van der Waals surface area (Å²) in [5, 5.41) is 0.0419. The van der Waals surface area contributed by atoms with Gasteiger partial charge in [-0.15, -0.1) is 11.3 Å². The SMILES string of the molecule is Cn1cnc(S(=O)(=O)NCCc2ccc(-c3ccoc3)s2)c1. The van der Waals surface area contributed by atoms with Gasteiger partial charge in [0.2, 0.25) is 0 Å². The second-order valence-corrected chi connectivity index (χ2v) is 7.69. The van der Waals surface area contributed by atoms with Crippen LogP contribution in [0.3, 0.4) is 0 Å². The second kappa shape index (κ2) is 6.07. The fourth-order valence-electron chi connectivity index (χ4n) is 1.98. The number of thiophene rings is 1. The quantitative estimate of drug-likeness (QED) is 0.748. The van der Waals surface area contributed by atoms with Crippen molar-refractivity contribution in [3.8, 4) is 10.4 Å². The molecular weight excluding hydrogens is 322 g/mol. The lowest BCUT2D eigenvalue weighted by atomic mass is 10.3. The molecule has 8 heteroatoms. The monoisotopic (exact) mass is 337 g/mol. The Kier molecular flexibility index (Phi) is 4.14. The molecule has 0 saturated heterocycles. The minimum Gasteiger partial charge on any atom is -0.472 e. The average molecular weight is 337 g/mol. The minimum absolute atomic E-state index is 0.0419. The van der Waals surface area contributed by atoms with Crippen LogP contribution >= 0.6 is 11.3 Å². The molecule has 0 aliphatic rings. The largest absolute Gasteiger partial charge is 0.472 e. The van der Waals surface area contributed by atoms with E-state index < -0.39 is 10.0 Å². The topological polar surface area (TPSA) is 77.1 Å². The van der Waals surface area contributed by atoms with Gasteiger partial charge < -0.3 is 8.98 Å². The highest BCUT2D eigenvalue weighted by Gasteiger charge is 2.16. The molecule has 1 N–H and O–H groups in total. The molecule has 0 bridgehead atoms. The molecule has 0 aliphatic heterocycles. The van der Waals surface area contributed by atoms with Gasteiger partial charge >= 0.3 is 0 Å². The molecule has 0 amide bonds. The van der Waals surface area contributed by atoms with E-state index in [0.717, 1.165) is 15.3 Å². The summed E-state index contributed by atoms with van der Waals surface area (Å²) >= 11 is 1.63. The molecule has 22 heavy (non-hydrogen) atoms. The average Bonchev–Trinajstić information content (AvgIpc) is 3.18. The fourth-order valence-corrected chi connectivity index (χ4v) is 3.98. The van der Waals surface area contributed by atoms with Gasteiger partial charge in [-0.05, 0) is 24.6 Å². The number of furan rings is 1. The van der Waals surface area contributed by atoms with Gasteiger partial charge in [-0.1, -0.05) is 0 Å². The summed E-state index contributed by atoms with van der Waals surface area (Å²) in [4.78, 5) is 6.07. The first-order valence-corrected chi connectivity index (χ1v) is 8.93. The van der Waals surface area contributed by atoms with Gasteiger partial charge in [0.25, 0.3) is 10.0 Å². The van der Waals surface area contributed by atoms with Crippen LogP contribution in [0.25, 0.3) is 10.4 Å². The highest BCUT2D eigenvalue weighted by atomic mass is 32.2. The van der Waals surface area contributed by atoms with Crippen LogP contribution in [0.1, 0.15) is 4.88 Å². The summed E-state index contributed by atoms with van der Waals surface area (Å²) in [6, 6.07) is 5.92. The summed E-state index contributed by atoms with van der Waals surface area (Å²) < 4.78 is 33.3. The highest BCUT2D eigenvalue weighted by Crippen LogP contribution is 2.28. The Balaban J connectivity index is 1.59. The summed E-state index contributed by atoms with van der Waals surface area (Å²) in [6.07, 6.45) is 6.90. The first kappa shape index (κ1) is 15.0. The Labute approximate surface area is 132 Å². The molecule has 0 atom stereocenters. The van der Waals surface area contributed by atoms with Gasteiger partial charge in [-0.3, -0.25) is 0 Å². The number of hydrogen-bond acceptors (Lipinski definition) is 5. The zero-order chi connectivity index (χ0) is 15.6. The molecule has 0 radical (unpaired) electrons. The normalized spacial score (nSPS) is 11.9. The molecule has 3 heterocycles. The first-order chi connectivity index (χ1) is 10.5. The number of rotatable bonds is 6. The zero-order valence-corrected chi connectivity index (χ0v) is 13.5. The van der Waals surface area contributed by atoms with Crippen molar-refractivity contribution in [2.45, 2.75) is 11.4 Å². The van der Waals surface area contributed by atoms with Crippen molar-refractivity contribution >= 4 is 21.4 Å². The maximum Gasteiger partial charge on any atom is 0.259 e. The molecule has 0 aliphatic carbocycles. The number of aromatic nitrogens is 2. The molecule has 0 saturated carbocycles. The summed E-state index contributed by atoms with van der Waals surface area (Å²) in [7, 11) is -1.81. The smallest absolute Gasteiger partial charge is 0.259 e. The van der Waals surface area contributed by atoms with Crippen LogP contribution in [0.15, 0.2) is 52.7 Å². The molecule has 0 spiro atoms. The van der Waals surface area contributed by atoms with E-state index >= 15 is 0 Å². The van der Waals surface area contributed by atoms with E-state index in [-0.39, 0.29) is 5.03 Å². The third kappa shape index (κ3) is 3.29. The van der Waals surface area contributed by atoms with Crippen LogP contribution in [-0.2, 0) is 23.5 Å². The van der Waals surface area contributed by atoms with E-state index in [1.807, 2.05) is 18.2 Å². The molecule has 3 aromatic heterocycles. The Hall–Kier alpha value is -1.90. The third-order valence-electron chi connectivity index (χ3n) is 3.09. The van der Waals surface area contributed by atoms with E-state index in [0.29, 0.717) is 13.0 Å².